The quantitative estimate of drug-likeness (QED) is 0.857. The van der Waals surface area contributed by atoms with Gasteiger partial charge in [-0.15, -0.1) is 0 Å². The molecule has 24 heavy (non-hydrogen) atoms. The van der Waals surface area contributed by atoms with Crippen molar-refractivity contribution in [1.29, 1.82) is 0 Å². The molecule has 5 heteroatoms. The third-order valence-corrected chi connectivity index (χ3v) is 4.69. The zero-order valence-electron chi connectivity index (χ0n) is 13.9. The fourth-order valence-corrected chi connectivity index (χ4v) is 3.34. The molecule has 3 rings (SSSR count). The highest BCUT2D eigenvalue weighted by atomic mass is 35.5. The maximum atomic E-state index is 12.8. The summed E-state index contributed by atoms with van der Waals surface area (Å²) in [6.07, 6.45) is 4.64. The zero-order valence-corrected chi connectivity index (χ0v) is 14.7. The van der Waals surface area contributed by atoms with Gasteiger partial charge in [0.15, 0.2) is 0 Å². The molecule has 1 aromatic carbocycles. The molecule has 2 aromatic rings. The van der Waals surface area contributed by atoms with Crippen LogP contribution in [-0.4, -0.2) is 46.9 Å². The summed E-state index contributed by atoms with van der Waals surface area (Å²) in [7, 11) is 0. The fraction of sp³-hybridized carbons (Fsp3) is 0.368. The van der Waals surface area contributed by atoms with Crippen LogP contribution in [0.4, 0.5) is 0 Å². The van der Waals surface area contributed by atoms with Crippen molar-refractivity contribution in [2.45, 2.75) is 19.9 Å². The molecule has 0 radical (unpaired) electrons. The number of halogens is 1. The molecule has 0 bridgehead atoms. The van der Waals surface area contributed by atoms with Gasteiger partial charge in [-0.25, -0.2) is 0 Å². The molecule has 2 heterocycles. The molecule has 0 aliphatic carbocycles. The van der Waals surface area contributed by atoms with Crippen molar-refractivity contribution in [1.82, 2.24) is 14.8 Å². The van der Waals surface area contributed by atoms with Gasteiger partial charge in [0.25, 0.3) is 5.91 Å². The normalized spacial score (nSPS) is 16.0. The van der Waals surface area contributed by atoms with Gasteiger partial charge in [0.05, 0.1) is 0 Å². The molecule has 1 amide bonds. The number of carbonyl (C=O) groups excluding carboxylic acids is 1. The lowest BCUT2D eigenvalue weighted by atomic mass is 10.1. The van der Waals surface area contributed by atoms with Gasteiger partial charge >= 0.3 is 0 Å². The summed E-state index contributed by atoms with van der Waals surface area (Å²) in [6, 6.07) is 9.56. The Morgan fingerprint density at radius 3 is 2.67 bits per heavy atom. The first-order valence-electron chi connectivity index (χ1n) is 8.30. The highest BCUT2D eigenvalue weighted by Crippen LogP contribution is 2.18. The number of aryl methyl sites for hydroxylation is 1. The lowest BCUT2D eigenvalue weighted by Crippen LogP contribution is -2.35. The van der Waals surface area contributed by atoms with E-state index in [9.17, 15) is 4.79 Å². The SMILES string of the molecule is Cc1cc(Cl)ccc1C(=O)N1CCCN(Cc2ccncc2)CC1. The number of amides is 1. The van der Waals surface area contributed by atoms with Crippen LogP contribution < -0.4 is 0 Å². The van der Waals surface area contributed by atoms with Crippen molar-refractivity contribution < 1.29 is 4.79 Å². The van der Waals surface area contributed by atoms with Crippen LogP contribution in [0.5, 0.6) is 0 Å². The largest absolute Gasteiger partial charge is 0.337 e. The second kappa shape index (κ2) is 7.77. The van der Waals surface area contributed by atoms with Crippen molar-refractivity contribution in [3.63, 3.8) is 0 Å². The second-order valence-corrected chi connectivity index (χ2v) is 6.67. The molecule has 1 aliphatic rings. The molecule has 1 fully saturated rings. The van der Waals surface area contributed by atoms with Crippen LogP contribution in [0.2, 0.25) is 5.02 Å². The van der Waals surface area contributed by atoms with Crippen LogP contribution in [0.3, 0.4) is 0 Å². The number of pyridine rings is 1. The first kappa shape index (κ1) is 16.9. The predicted molar refractivity (Wildman–Crippen MR) is 96.2 cm³/mol. The monoisotopic (exact) mass is 343 g/mol. The summed E-state index contributed by atoms with van der Waals surface area (Å²) >= 11 is 5.99. The van der Waals surface area contributed by atoms with Gasteiger partial charge in [-0.3, -0.25) is 14.7 Å². The van der Waals surface area contributed by atoms with Gasteiger partial charge in [0.2, 0.25) is 0 Å². The highest BCUT2D eigenvalue weighted by Gasteiger charge is 2.21. The van der Waals surface area contributed by atoms with E-state index in [4.69, 9.17) is 11.6 Å². The van der Waals surface area contributed by atoms with Crippen LogP contribution in [-0.2, 0) is 6.54 Å². The Hall–Kier alpha value is -1.91. The van der Waals surface area contributed by atoms with Crippen molar-refractivity contribution in [3.8, 4) is 0 Å². The van der Waals surface area contributed by atoms with Crippen molar-refractivity contribution >= 4 is 17.5 Å². The molecule has 0 spiro atoms. The van der Waals surface area contributed by atoms with Gasteiger partial charge in [0.1, 0.15) is 0 Å². The van der Waals surface area contributed by atoms with E-state index in [1.165, 1.54) is 5.56 Å². The zero-order chi connectivity index (χ0) is 16.9. The molecule has 4 nitrogen and oxygen atoms in total. The van der Waals surface area contributed by atoms with Crippen molar-refractivity contribution in [3.05, 3.63) is 64.4 Å². The fourth-order valence-electron chi connectivity index (χ4n) is 3.12. The maximum Gasteiger partial charge on any atom is 0.254 e. The molecular weight excluding hydrogens is 322 g/mol. The Kier molecular flexibility index (Phi) is 5.48. The smallest absolute Gasteiger partial charge is 0.254 e. The van der Waals surface area contributed by atoms with Crippen LogP contribution >= 0.6 is 11.6 Å². The molecule has 126 valence electrons. The number of hydrogen-bond acceptors (Lipinski definition) is 3. The van der Waals surface area contributed by atoms with Gasteiger partial charge < -0.3 is 4.90 Å². The number of aromatic nitrogens is 1. The molecule has 1 aliphatic heterocycles. The lowest BCUT2D eigenvalue weighted by molar-refractivity contribution is 0.0760. The van der Waals surface area contributed by atoms with E-state index in [0.717, 1.165) is 50.3 Å². The molecule has 0 saturated carbocycles. The Balaban J connectivity index is 1.63. The Morgan fingerprint density at radius 2 is 1.92 bits per heavy atom. The van der Waals surface area contributed by atoms with Gasteiger partial charge in [-0.1, -0.05) is 11.6 Å². The van der Waals surface area contributed by atoms with E-state index >= 15 is 0 Å². The highest BCUT2D eigenvalue weighted by molar-refractivity contribution is 6.30. The Labute approximate surface area is 148 Å². The Bertz CT molecular complexity index is 705. The average molecular weight is 344 g/mol. The van der Waals surface area contributed by atoms with E-state index in [1.54, 1.807) is 6.07 Å². The van der Waals surface area contributed by atoms with Crippen LogP contribution in [0, 0.1) is 6.92 Å². The maximum absolute atomic E-state index is 12.8. The first-order valence-corrected chi connectivity index (χ1v) is 8.68. The summed E-state index contributed by atoms with van der Waals surface area (Å²) in [5, 5.41) is 0.670. The molecule has 0 N–H and O–H groups in total. The molecular formula is C19H22ClN3O. The number of hydrogen-bond donors (Lipinski definition) is 0. The average Bonchev–Trinajstić information content (AvgIpc) is 2.81. The van der Waals surface area contributed by atoms with Gasteiger partial charge in [-0.2, -0.15) is 0 Å². The number of carbonyl (C=O) groups is 1. The summed E-state index contributed by atoms with van der Waals surface area (Å²) in [6.45, 7) is 6.29. The molecule has 1 aromatic heterocycles. The predicted octanol–water partition coefficient (Wildman–Crippen LogP) is 3.39. The summed E-state index contributed by atoms with van der Waals surface area (Å²) in [5.74, 6) is 0.106. The summed E-state index contributed by atoms with van der Waals surface area (Å²) in [5.41, 5.74) is 2.95. The summed E-state index contributed by atoms with van der Waals surface area (Å²) < 4.78 is 0. The van der Waals surface area contributed by atoms with E-state index in [-0.39, 0.29) is 5.91 Å². The molecule has 0 atom stereocenters. The second-order valence-electron chi connectivity index (χ2n) is 6.24. The number of rotatable bonds is 3. The minimum absolute atomic E-state index is 0.106. The minimum atomic E-state index is 0.106. The third kappa shape index (κ3) is 4.13. The number of benzene rings is 1. The minimum Gasteiger partial charge on any atom is -0.337 e. The van der Waals surface area contributed by atoms with Crippen LogP contribution in [0.15, 0.2) is 42.7 Å². The van der Waals surface area contributed by atoms with Gasteiger partial charge in [-0.05, 0) is 54.8 Å². The molecule has 1 saturated heterocycles. The van der Waals surface area contributed by atoms with E-state index in [2.05, 4.69) is 9.88 Å². The van der Waals surface area contributed by atoms with E-state index in [1.807, 2.05) is 48.5 Å². The van der Waals surface area contributed by atoms with Crippen LogP contribution in [0.25, 0.3) is 0 Å². The Morgan fingerprint density at radius 1 is 1.12 bits per heavy atom. The third-order valence-electron chi connectivity index (χ3n) is 4.45. The van der Waals surface area contributed by atoms with E-state index < -0.39 is 0 Å². The van der Waals surface area contributed by atoms with E-state index in [0.29, 0.717) is 5.02 Å². The topological polar surface area (TPSA) is 36.4 Å². The molecule has 0 unspecified atom stereocenters. The van der Waals surface area contributed by atoms with Crippen molar-refractivity contribution in [2.75, 3.05) is 26.2 Å². The lowest BCUT2D eigenvalue weighted by Gasteiger charge is -2.22. The van der Waals surface area contributed by atoms with Gasteiger partial charge in [0, 0.05) is 55.7 Å². The summed E-state index contributed by atoms with van der Waals surface area (Å²) in [4.78, 5) is 21.2. The standard InChI is InChI=1S/C19H22ClN3O/c1-15-13-17(20)3-4-18(15)19(24)23-10-2-9-22(11-12-23)14-16-5-7-21-8-6-16/h3-8,13H,2,9-12,14H2,1H3. The first-order chi connectivity index (χ1) is 11.6. The number of nitrogens with zero attached hydrogens (tertiary/aromatic N) is 3. The van der Waals surface area contributed by atoms with Crippen LogP contribution in [0.1, 0.15) is 27.9 Å². The van der Waals surface area contributed by atoms with Crippen molar-refractivity contribution in [2.24, 2.45) is 0 Å².